The molecule has 6 nitrogen and oxygen atoms in total. The average molecular weight is 398 g/mol. The maximum absolute atomic E-state index is 11.9. The number of hydrogen-bond donors (Lipinski definition) is 0. The second-order valence-electron chi connectivity index (χ2n) is 9.21. The van der Waals surface area contributed by atoms with Gasteiger partial charge in [-0.2, -0.15) is 0 Å². The Labute approximate surface area is 136 Å². The van der Waals surface area contributed by atoms with E-state index in [1.807, 2.05) is 0 Å². The van der Waals surface area contributed by atoms with Crippen LogP contribution in [0, 0.1) is 0 Å². The fourth-order valence-electron chi connectivity index (χ4n) is 1.54. The van der Waals surface area contributed by atoms with E-state index >= 15 is 0 Å². The minimum absolute atomic E-state index is 0.177. The molecule has 0 aliphatic heterocycles. The van der Waals surface area contributed by atoms with E-state index in [9.17, 15) is 16.8 Å². The van der Waals surface area contributed by atoms with Crippen molar-refractivity contribution in [3.63, 3.8) is 0 Å². The molecule has 0 atom stereocenters. The van der Waals surface area contributed by atoms with Crippen molar-refractivity contribution in [2.75, 3.05) is 64.8 Å². The molecule has 0 saturated heterocycles. The standard InChI is InChI=1S/C12H32O6P2S2/c1-19(2,3,4)17-21(13,14)11-9-10-12-22(15,16)18-20(5,6,7)8/h9-12H2,1-8H3. The first kappa shape index (κ1) is 22.7. The molecule has 0 fully saturated rings. The Hall–Kier alpha value is 0.680. The molecule has 0 aromatic rings. The van der Waals surface area contributed by atoms with Crippen molar-refractivity contribution in [3.05, 3.63) is 0 Å². The van der Waals surface area contributed by atoms with Crippen molar-refractivity contribution in [1.82, 2.24) is 0 Å². The van der Waals surface area contributed by atoms with Crippen molar-refractivity contribution in [3.8, 4) is 0 Å². The predicted molar refractivity (Wildman–Crippen MR) is 100 cm³/mol. The zero-order valence-electron chi connectivity index (χ0n) is 15.0. The van der Waals surface area contributed by atoms with Gasteiger partial charge >= 0.3 is 136 Å². The Kier molecular flexibility index (Phi) is 6.39. The molecule has 0 radical (unpaired) electrons. The molecule has 0 N–H and O–H groups in total. The Bertz CT molecular complexity index is 531. The second-order valence-corrected chi connectivity index (χ2v) is 27.1. The van der Waals surface area contributed by atoms with Gasteiger partial charge < -0.3 is 0 Å². The third-order valence-electron chi connectivity index (χ3n) is 1.86. The van der Waals surface area contributed by atoms with Crippen LogP contribution in [0.2, 0.25) is 0 Å². The fraction of sp³-hybridized carbons (Fsp3) is 1.00. The van der Waals surface area contributed by atoms with Crippen LogP contribution in [0.1, 0.15) is 12.8 Å². The molecule has 0 saturated carbocycles. The van der Waals surface area contributed by atoms with E-state index in [2.05, 4.69) is 0 Å². The van der Waals surface area contributed by atoms with Crippen LogP contribution in [0.3, 0.4) is 0 Å². The van der Waals surface area contributed by atoms with Gasteiger partial charge in [0.25, 0.3) is 0 Å². The van der Waals surface area contributed by atoms with Gasteiger partial charge in [0.1, 0.15) is 0 Å². The Balaban J connectivity index is 4.46. The van der Waals surface area contributed by atoms with E-state index in [1.165, 1.54) is 0 Å². The SMILES string of the molecule is CP(C)(C)(C)OS(=O)(=O)CCCCS(=O)(=O)OP(C)(C)(C)C. The van der Waals surface area contributed by atoms with Gasteiger partial charge in [0.15, 0.2) is 0 Å². The first-order valence-corrected chi connectivity index (χ1v) is 18.1. The van der Waals surface area contributed by atoms with Crippen molar-refractivity contribution < 1.29 is 24.8 Å². The molecule has 0 aliphatic carbocycles. The Morgan fingerprint density at radius 3 is 1.00 bits per heavy atom. The Morgan fingerprint density at radius 2 is 0.818 bits per heavy atom. The van der Waals surface area contributed by atoms with Gasteiger partial charge in [0.2, 0.25) is 0 Å². The molecular weight excluding hydrogens is 366 g/mol. The molecule has 0 spiro atoms. The number of unbranched alkanes of at least 4 members (excludes halogenated alkanes) is 1. The van der Waals surface area contributed by atoms with Crippen LogP contribution in [0.25, 0.3) is 0 Å². The predicted octanol–water partition coefficient (Wildman–Crippen LogP) is 2.43. The summed E-state index contributed by atoms with van der Waals surface area (Å²) in [5.74, 6) is -0.353. The van der Waals surface area contributed by atoms with E-state index in [4.69, 9.17) is 7.94 Å². The number of hydrogen-bond acceptors (Lipinski definition) is 6. The van der Waals surface area contributed by atoms with Gasteiger partial charge in [0.05, 0.1) is 0 Å². The summed E-state index contributed by atoms with van der Waals surface area (Å²) in [5.41, 5.74) is 0. The summed E-state index contributed by atoms with van der Waals surface area (Å²) in [6, 6.07) is 0. The van der Waals surface area contributed by atoms with E-state index in [0.29, 0.717) is 0 Å². The number of rotatable bonds is 9. The van der Waals surface area contributed by atoms with Crippen LogP contribution in [-0.4, -0.2) is 81.7 Å². The van der Waals surface area contributed by atoms with Crippen LogP contribution < -0.4 is 0 Å². The fourth-order valence-corrected chi connectivity index (χ4v) is 10.5. The summed E-state index contributed by atoms with van der Waals surface area (Å²) in [4.78, 5) is 0. The van der Waals surface area contributed by atoms with Crippen molar-refractivity contribution in [2.45, 2.75) is 12.8 Å². The van der Waals surface area contributed by atoms with Gasteiger partial charge in [0, 0.05) is 0 Å². The molecule has 0 aliphatic rings. The van der Waals surface area contributed by atoms with Crippen LogP contribution in [0.4, 0.5) is 0 Å². The normalized spacial score (nSPS) is 18.2. The van der Waals surface area contributed by atoms with Gasteiger partial charge in [-0.25, -0.2) is 0 Å². The van der Waals surface area contributed by atoms with E-state index in [1.54, 1.807) is 53.3 Å². The van der Waals surface area contributed by atoms with Crippen LogP contribution >= 0.6 is 13.7 Å². The third kappa shape index (κ3) is 14.3. The first-order valence-electron chi connectivity index (χ1n) is 7.02. The summed E-state index contributed by atoms with van der Waals surface area (Å²) in [7, 11) is -7.26. The summed E-state index contributed by atoms with van der Waals surface area (Å²) >= 11 is 0. The molecule has 0 heterocycles. The molecule has 22 heavy (non-hydrogen) atoms. The first-order chi connectivity index (χ1) is 9.12. The third-order valence-corrected chi connectivity index (χ3v) is 10.0. The van der Waals surface area contributed by atoms with E-state index in [-0.39, 0.29) is 24.3 Å². The van der Waals surface area contributed by atoms with Crippen LogP contribution in [0.5, 0.6) is 0 Å². The average Bonchev–Trinajstić information content (AvgIpc) is 2.00. The van der Waals surface area contributed by atoms with Gasteiger partial charge in [-0.15, -0.1) is 0 Å². The maximum atomic E-state index is 11.9. The topological polar surface area (TPSA) is 86.7 Å². The van der Waals surface area contributed by atoms with Crippen molar-refractivity contribution in [1.29, 1.82) is 0 Å². The molecule has 0 rings (SSSR count). The van der Waals surface area contributed by atoms with Crippen molar-refractivity contribution >= 4 is 33.9 Å². The van der Waals surface area contributed by atoms with E-state index < -0.39 is 33.9 Å². The summed E-state index contributed by atoms with van der Waals surface area (Å²) in [5, 5.41) is 0. The summed E-state index contributed by atoms with van der Waals surface area (Å²) < 4.78 is 58.1. The van der Waals surface area contributed by atoms with Crippen molar-refractivity contribution in [2.24, 2.45) is 0 Å². The molecule has 138 valence electrons. The molecule has 0 bridgehead atoms. The quantitative estimate of drug-likeness (QED) is 0.438. The zero-order chi connectivity index (χ0) is 18.1. The zero-order valence-corrected chi connectivity index (χ0v) is 18.4. The minimum atomic E-state index is -3.63. The summed E-state index contributed by atoms with van der Waals surface area (Å²) in [6.07, 6.45) is 0.461. The van der Waals surface area contributed by atoms with Gasteiger partial charge in [-0.1, -0.05) is 0 Å². The van der Waals surface area contributed by atoms with Crippen LogP contribution in [0.15, 0.2) is 0 Å². The molecule has 10 heteroatoms. The second kappa shape index (κ2) is 6.20. The van der Waals surface area contributed by atoms with Gasteiger partial charge in [-0.05, 0) is 0 Å². The van der Waals surface area contributed by atoms with Gasteiger partial charge in [-0.3, -0.25) is 0 Å². The molecule has 0 aromatic heterocycles. The van der Waals surface area contributed by atoms with E-state index in [0.717, 1.165) is 0 Å². The monoisotopic (exact) mass is 398 g/mol. The molecule has 0 unspecified atom stereocenters. The summed E-state index contributed by atoms with van der Waals surface area (Å²) in [6.45, 7) is 9.17. The Morgan fingerprint density at radius 1 is 0.591 bits per heavy atom. The molecule has 0 amide bonds. The molecular formula is C12H32O6P2S2. The van der Waals surface area contributed by atoms with Crippen LogP contribution in [-0.2, 0) is 28.2 Å². The molecule has 0 aromatic carbocycles.